The van der Waals surface area contributed by atoms with Gasteiger partial charge in [-0.2, -0.15) is 0 Å². The summed E-state index contributed by atoms with van der Waals surface area (Å²) in [5, 5.41) is 19.1. The van der Waals surface area contributed by atoms with Crippen LogP contribution in [0.15, 0.2) is 60.3 Å². The molecule has 0 spiro atoms. The molecule has 1 atom stereocenters. The van der Waals surface area contributed by atoms with E-state index in [9.17, 15) is 14.7 Å². The molecule has 4 heterocycles. The number of anilines is 2. The van der Waals surface area contributed by atoms with Gasteiger partial charge in [-0.3, -0.25) is 4.90 Å². The maximum Gasteiger partial charge on any atom is 0.335 e. The van der Waals surface area contributed by atoms with E-state index in [1.807, 2.05) is 42.2 Å². The fourth-order valence-electron chi connectivity index (χ4n) is 5.87. The van der Waals surface area contributed by atoms with Crippen LogP contribution in [0.2, 0.25) is 0 Å². The van der Waals surface area contributed by atoms with E-state index in [0.717, 1.165) is 40.7 Å². The fraction of sp³-hybridized carbons (Fsp3) is 0.276. The minimum absolute atomic E-state index is 0.0746. The molecule has 2 aliphatic rings. The van der Waals surface area contributed by atoms with Crippen molar-refractivity contribution in [2.45, 2.75) is 25.8 Å². The smallest absolute Gasteiger partial charge is 0.335 e. The lowest BCUT2D eigenvalue weighted by Crippen LogP contribution is -2.28. The molecular weight excluding hydrogens is 482 g/mol. The summed E-state index contributed by atoms with van der Waals surface area (Å²) in [5.74, 6) is 2.01. The Morgan fingerprint density at radius 1 is 1.13 bits per heavy atom. The van der Waals surface area contributed by atoms with Crippen LogP contribution in [0.1, 0.15) is 46.2 Å². The Bertz CT molecular complexity index is 1600. The van der Waals surface area contributed by atoms with Gasteiger partial charge < -0.3 is 14.4 Å². The molecule has 2 aromatic heterocycles. The number of hydrogen-bond donors (Lipinski definition) is 1. The van der Waals surface area contributed by atoms with Gasteiger partial charge in [-0.1, -0.05) is 35.5 Å². The molecule has 1 fully saturated rings. The number of ether oxygens (including phenoxy) is 1. The van der Waals surface area contributed by atoms with Crippen LogP contribution in [0.3, 0.4) is 0 Å². The number of aryl methyl sites for hydroxylation is 2. The Kier molecular flexibility index (Phi) is 5.94. The number of allylic oxidation sites excluding steroid dienone is 1. The first kappa shape index (κ1) is 23.9. The summed E-state index contributed by atoms with van der Waals surface area (Å²) in [7, 11) is 1.78. The van der Waals surface area contributed by atoms with Gasteiger partial charge in [0.25, 0.3) is 0 Å². The van der Waals surface area contributed by atoms with Crippen LogP contribution in [0, 0.1) is 12.8 Å². The van der Waals surface area contributed by atoms with E-state index in [1.54, 1.807) is 29.9 Å². The van der Waals surface area contributed by atoms with Gasteiger partial charge in [0.15, 0.2) is 11.8 Å². The maximum absolute atomic E-state index is 12.2. The maximum atomic E-state index is 12.2. The van der Waals surface area contributed by atoms with Crippen LogP contribution in [-0.4, -0.2) is 49.8 Å². The molecule has 1 unspecified atom stereocenters. The summed E-state index contributed by atoms with van der Waals surface area (Å²) < 4.78 is 9.58. The third kappa shape index (κ3) is 3.75. The van der Waals surface area contributed by atoms with Crippen molar-refractivity contribution in [2.24, 2.45) is 13.0 Å². The van der Waals surface area contributed by atoms with E-state index in [4.69, 9.17) is 4.74 Å². The molecule has 0 radical (unpaired) electrons. The standard InChI is InChI=1S/C29H27N5O4/c1-18-28(32(2)31-30-18)33-22(17-35)9-11-24-27(33)23-10-8-21(29(36)37)16-25(23)34(24)26(19-6-4-3-5-7-19)20-12-14-38-15-13-20/h3-11,16,20,26H,12-15H2,1-2H3,(H,36,37). The number of hydrogen-bond acceptors (Lipinski definition) is 6. The zero-order chi connectivity index (χ0) is 26.4. The lowest BCUT2D eigenvalue weighted by molar-refractivity contribution is 0.0547. The van der Waals surface area contributed by atoms with Gasteiger partial charge in [0.2, 0.25) is 0 Å². The van der Waals surface area contributed by atoms with Gasteiger partial charge in [-0.15, -0.1) is 5.10 Å². The number of fused-ring (bicyclic) bond motifs is 3. The minimum Gasteiger partial charge on any atom is -0.478 e. The van der Waals surface area contributed by atoms with Crippen LogP contribution in [0.25, 0.3) is 17.0 Å². The molecule has 6 rings (SSSR count). The summed E-state index contributed by atoms with van der Waals surface area (Å²) in [6, 6.07) is 15.4. The number of aromatic carboxylic acids is 1. The van der Waals surface area contributed by atoms with Crippen molar-refractivity contribution < 1.29 is 19.4 Å². The summed E-state index contributed by atoms with van der Waals surface area (Å²) in [4.78, 5) is 26.1. The molecule has 2 aromatic carbocycles. The van der Waals surface area contributed by atoms with E-state index in [2.05, 4.69) is 33.0 Å². The first-order chi connectivity index (χ1) is 18.5. The first-order valence-electron chi connectivity index (χ1n) is 12.6. The van der Waals surface area contributed by atoms with Gasteiger partial charge in [0.05, 0.1) is 28.5 Å². The number of nitrogens with zero attached hydrogens (tertiary/aromatic N) is 5. The van der Waals surface area contributed by atoms with E-state index in [0.29, 0.717) is 30.4 Å². The normalized spacial score (nSPS) is 16.5. The van der Waals surface area contributed by atoms with Crippen molar-refractivity contribution in [3.8, 4) is 0 Å². The van der Waals surface area contributed by atoms with Gasteiger partial charge in [0, 0.05) is 25.6 Å². The van der Waals surface area contributed by atoms with Crippen molar-refractivity contribution in [3.63, 3.8) is 0 Å². The van der Waals surface area contributed by atoms with Crippen molar-refractivity contribution in [1.82, 2.24) is 19.6 Å². The summed E-state index contributed by atoms with van der Waals surface area (Å²) in [5.41, 5.74) is 4.76. The molecule has 4 aromatic rings. The first-order valence-corrected chi connectivity index (χ1v) is 12.6. The zero-order valence-corrected chi connectivity index (χ0v) is 21.2. The highest BCUT2D eigenvalue weighted by Gasteiger charge is 2.36. The van der Waals surface area contributed by atoms with Gasteiger partial charge in [0.1, 0.15) is 11.4 Å². The molecule has 192 valence electrons. The van der Waals surface area contributed by atoms with Crippen LogP contribution in [0.4, 0.5) is 11.5 Å². The predicted molar refractivity (Wildman–Crippen MR) is 143 cm³/mol. The molecule has 0 bridgehead atoms. The van der Waals surface area contributed by atoms with Crippen molar-refractivity contribution in [1.29, 1.82) is 0 Å². The largest absolute Gasteiger partial charge is 0.478 e. The minimum atomic E-state index is -0.993. The second-order valence-corrected chi connectivity index (χ2v) is 9.72. The zero-order valence-electron chi connectivity index (χ0n) is 21.2. The molecule has 0 saturated carbocycles. The fourth-order valence-corrected chi connectivity index (χ4v) is 5.87. The summed E-state index contributed by atoms with van der Waals surface area (Å²) in [6.45, 7) is 3.20. The summed E-state index contributed by atoms with van der Waals surface area (Å²) >= 11 is 0. The molecule has 9 nitrogen and oxygen atoms in total. The van der Waals surface area contributed by atoms with Crippen LogP contribution < -0.4 is 4.90 Å². The van der Waals surface area contributed by atoms with E-state index >= 15 is 0 Å². The third-order valence-corrected chi connectivity index (χ3v) is 7.53. The Morgan fingerprint density at radius 2 is 1.89 bits per heavy atom. The van der Waals surface area contributed by atoms with E-state index < -0.39 is 5.97 Å². The lowest BCUT2D eigenvalue weighted by atomic mass is 9.86. The Hall–Kier alpha value is -4.46. The highest BCUT2D eigenvalue weighted by molar-refractivity contribution is 6.06. The highest BCUT2D eigenvalue weighted by atomic mass is 16.5. The monoisotopic (exact) mass is 509 g/mol. The number of benzene rings is 2. The Balaban J connectivity index is 1.71. The van der Waals surface area contributed by atoms with Crippen molar-refractivity contribution >= 4 is 40.4 Å². The summed E-state index contributed by atoms with van der Waals surface area (Å²) in [6.07, 6.45) is 5.44. The van der Waals surface area contributed by atoms with Crippen LogP contribution in [-0.2, 0) is 16.6 Å². The van der Waals surface area contributed by atoms with Crippen molar-refractivity contribution in [2.75, 3.05) is 18.1 Å². The molecule has 1 saturated heterocycles. The SMILES string of the molecule is Cc1nnn(C)c1N1C(=C=O)C=Cc2c1c1ccc(C(=O)O)cc1n2C(c1ccccc1)C1CCOCC1. The molecule has 0 amide bonds. The number of carbonyl (C=O) groups is 1. The molecule has 38 heavy (non-hydrogen) atoms. The van der Waals surface area contributed by atoms with E-state index in [-0.39, 0.29) is 17.5 Å². The van der Waals surface area contributed by atoms with Crippen molar-refractivity contribution in [3.05, 3.63) is 82.8 Å². The molecule has 9 heteroatoms. The Labute approximate surface area is 219 Å². The molecule has 2 aliphatic heterocycles. The van der Waals surface area contributed by atoms with Crippen LogP contribution in [0.5, 0.6) is 0 Å². The third-order valence-electron chi connectivity index (χ3n) is 7.53. The van der Waals surface area contributed by atoms with Gasteiger partial charge in [-0.25, -0.2) is 14.3 Å². The number of carboxylic acid groups (broad SMARTS) is 1. The Morgan fingerprint density at radius 3 is 2.55 bits per heavy atom. The highest BCUT2D eigenvalue weighted by Crippen LogP contribution is 2.48. The quantitative estimate of drug-likeness (QED) is 0.390. The van der Waals surface area contributed by atoms with E-state index in [1.165, 1.54) is 0 Å². The average Bonchev–Trinajstić information content (AvgIpc) is 3.45. The predicted octanol–water partition coefficient (Wildman–Crippen LogP) is 4.67. The molecule has 1 N–H and O–H groups in total. The topological polar surface area (TPSA) is 102 Å². The number of rotatable bonds is 5. The van der Waals surface area contributed by atoms with Crippen LogP contribution >= 0.6 is 0 Å². The number of carboxylic acids is 1. The second kappa shape index (κ2) is 9.45. The molecular formula is C29H27N5O4. The number of aromatic nitrogens is 4. The lowest BCUT2D eigenvalue weighted by Gasteiger charge is -2.34. The van der Waals surface area contributed by atoms with Gasteiger partial charge in [-0.05, 0) is 61.6 Å². The number of carbonyl (C=O) groups excluding carboxylic acids is 1. The van der Waals surface area contributed by atoms with Gasteiger partial charge >= 0.3 is 5.97 Å². The second-order valence-electron chi connectivity index (χ2n) is 9.72. The molecule has 0 aliphatic carbocycles. The average molecular weight is 510 g/mol.